The minimum atomic E-state index is -1.30. The molecule has 1 aliphatic rings. The Bertz CT molecular complexity index is 487. The van der Waals surface area contributed by atoms with Gasteiger partial charge in [-0.2, -0.15) is 0 Å². The van der Waals surface area contributed by atoms with Gasteiger partial charge in [0, 0.05) is 31.0 Å². The van der Waals surface area contributed by atoms with Crippen molar-refractivity contribution >= 4 is 11.6 Å². The van der Waals surface area contributed by atoms with E-state index in [1.807, 2.05) is 0 Å². The molecule has 1 unspecified atom stereocenters. The lowest BCUT2D eigenvalue weighted by atomic mass is 10.1. The number of carbonyl (C=O) groups excluding carboxylic acids is 1. The summed E-state index contributed by atoms with van der Waals surface area (Å²) in [5, 5.41) is 0. The van der Waals surface area contributed by atoms with Gasteiger partial charge in [-0.05, 0) is 0 Å². The molecule has 1 atom stereocenters. The molecular formula is C12H10F3NO. The van der Waals surface area contributed by atoms with E-state index in [4.69, 9.17) is 0 Å². The third kappa shape index (κ3) is 2.05. The number of nitrogens with zero attached hydrogens (tertiary/aromatic N) is 1. The van der Waals surface area contributed by atoms with Gasteiger partial charge in [-0.25, -0.2) is 13.2 Å². The summed E-state index contributed by atoms with van der Waals surface area (Å²) in [5.74, 6) is -3.89. The fourth-order valence-corrected chi connectivity index (χ4v) is 1.86. The third-order valence-electron chi connectivity index (χ3n) is 2.75. The molecule has 5 heteroatoms. The first-order chi connectivity index (χ1) is 8.02. The van der Waals surface area contributed by atoms with E-state index in [1.54, 1.807) is 6.08 Å². The molecule has 1 heterocycles. The van der Waals surface area contributed by atoms with Crippen LogP contribution in [0, 0.1) is 23.4 Å². The zero-order valence-corrected chi connectivity index (χ0v) is 8.92. The van der Waals surface area contributed by atoms with E-state index >= 15 is 0 Å². The molecule has 1 amide bonds. The molecule has 0 aromatic heterocycles. The van der Waals surface area contributed by atoms with Crippen molar-refractivity contribution in [1.29, 1.82) is 0 Å². The molecule has 17 heavy (non-hydrogen) atoms. The van der Waals surface area contributed by atoms with E-state index in [1.165, 1.54) is 0 Å². The van der Waals surface area contributed by atoms with Crippen molar-refractivity contribution in [3.63, 3.8) is 0 Å². The fraction of sp³-hybridized carbons (Fsp3) is 0.250. The van der Waals surface area contributed by atoms with E-state index in [0.717, 1.165) is 11.0 Å². The van der Waals surface area contributed by atoms with Gasteiger partial charge >= 0.3 is 0 Å². The number of halogens is 3. The normalized spacial score (nSPS) is 19.8. The third-order valence-corrected chi connectivity index (χ3v) is 2.75. The Labute approximate surface area is 96.3 Å². The molecule has 1 aliphatic heterocycles. The topological polar surface area (TPSA) is 20.3 Å². The van der Waals surface area contributed by atoms with Gasteiger partial charge in [0.15, 0.2) is 11.6 Å². The van der Waals surface area contributed by atoms with E-state index in [9.17, 15) is 18.0 Å². The molecule has 90 valence electrons. The fourth-order valence-electron chi connectivity index (χ4n) is 1.86. The number of rotatable bonds is 2. The number of anilines is 1. The highest BCUT2D eigenvalue weighted by molar-refractivity contribution is 5.96. The smallest absolute Gasteiger partial charge is 0.227 e. The van der Waals surface area contributed by atoms with Gasteiger partial charge in [0.1, 0.15) is 5.82 Å². The Morgan fingerprint density at radius 1 is 1.35 bits per heavy atom. The van der Waals surface area contributed by atoms with Crippen LogP contribution in [0.5, 0.6) is 0 Å². The minimum absolute atomic E-state index is 0.117. The molecule has 2 rings (SSSR count). The summed E-state index contributed by atoms with van der Waals surface area (Å²) in [6, 6.07) is 1.27. The van der Waals surface area contributed by atoms with Crippen LogP contribution in [-0.2, 0) is 4.79 Å². The molecule has 0 saturated carbocycles. The van der Waals surface area contributed by atoms with Gasteiger partial charge in [0.25, 0.3) is 0 Å². The molecule has 1 fully saturated rings. The van der Waals surface area contributed by atoms with Crippen LogP contribution < -0.4 is 4.90 Å². The van der Waals surface area contributed by atoms with Crippen LogP contribution in [0.4, 0.5) is 18.9 Å². The largest absolute Gasteiger partial charge is 0.309 e. The maximum Gasteiger partial charge on any atom is 0.227 e. The highest BCUT2D eigenvalue weighted by Crippen LogP contribution is 2.29. The Morgan fingerprint density at radius 3 is 2.65 bits per heavy atom. The zero-order chi connectivity index (χ0) is 12.6. The predicted octanol–water partition coefficient (Wildman–Crippen LogP) is 2.64. The second kappa shape index (κ2) is 4.24. The molecule has 0 spiro atoms. The summed E-state index contributed by atoms with van der Waals surface area (Å²) in [6.07, 6.45) is 1.76. The lowest BCUT2D eigenvalue weighted by molar-refractivity contribution is -0.117. The Morgan fingerprint density at radius 2 is 2.06 bits per heavy atom. The molecular weight excluding hydrogens is 231 g/mol. The Hall–Kier alpha value is -1.78. The summed E-state index contributed by atoms with van der Waals surface area (Å²) in [7, 11) is 0. The van der Waals surface area contributed by atoms with Gasteiger partial charge in [-0.1, -0.05) is 6.08 Å². The van der Waals surface area contributed by atoms with Crippen molar-refractivity contribution < 1.29 is 18.0 Å². The Kier molecular flexibility index (Phi) is 2.92. The van der Waals surface area contributed by atoms with Crippen LogP contribution in [-0.4, -0.2) is 12.5 Å². The standard InChI is InChI=1S/C12H10F3NO/c1-2-7-3-11(17)16(6-7)10-5-8(13)4-9(14)12(10)15/h2,4-5,7H,1,3,6H2. The number of amides is 1. The van der Waals surface area contributed by atoms with Crippen LogP contribution in [0.1, 0.15) is 6.42 Å². The van der Waals surface area contributed by atoms with E-state index in [0.29, 0.717) is 6.07 Å². The molecule has 0 bridgehead atoms. The number of hydrogen-bond donors (Lipinski definition) is 0. The summed E-state index contributed by atoms with van der Waals surface area (Å²) in [6.45, 7) is 3.74. The summed E-state index contributed by atoms with van der Waals surface area (Å²) >= 11 is 0. The van der Waals surface area contributed by atoms with Crippen molar-refractivity contribution in [2.24, 2.45) is 5.92 Å². The van der Waals surface area contributed by atoms with Crippen LogP contribution >= 0.6 is 0 Å². The van der Waals surface area contributed by atoms with E-state index in [2.05, 4.69) is 6.58 Å². The minimum Gasteiger partial charge on any atom is -0.309 e. The van der Waals surface area contributed by atoms with Crippen molar-refractivity contribution in [3.05, 3.63) is 42.2 Å². The second-order valence-corrected chi connectivity index (χ2v) is 3.92. The number of hydrogen-bond acceptors (Lipinski definition) is 1. The van der Waals surface area contributed by atoms with Crippen LogP contribution in [0.2, 0.25) is 0 Å². The first-order valence-electron chi connectivity index (χ1n) is 5.10. The highest BCUT2D eigenvalue weighted by atomic mass is 19.2. The summed E-state index contributed by atoms with van der Waals surface area (Å²) < 4.78 is 39.5. The maximum absolute atomic E-state index is 13.5. The quantitative estimate of drug-likeness (QED) is 0.575. The number of benzene rings is 1. The van der Waals surface area contributed by atoms with Gasteiger partial charge in [0.05, 0.1) is 5.69 Å². The second-order valence-electron chi connectivity index (χ2n) is 3.92. The van der Waals surface area contributed by atoms with Crippen molar-refractivity contribution in [1.82, 2.24) is 0 Å². The Balaban J connectivity index is 2.41. The number of carbonyl (C=O) groups is 1. The average Bonchev–Trinajstić information content (AvgIpc) is 2.65. The van der Waals surface area contributed by atoms with Gasteiger partial charge in [-0.15, -0.1) is 6.58 Å². The van der Waals surface area contributed by atoms with Crippen molar-refractivity contribution in [2.75, 3.05) is 11.4 Å². The molecule has 1 aromatic rings. The molecule has 2 nitrogen and oxygen atoms in total. The zero-order valence-electron chi connectivity index (χ0n) is 8.92. The SMILES string of the molecule is C=CC1CC(=O)N(c2cc(F)cc(F)c2F)C1. The maximum atomic E-state index is 13.5. The molecule has 0 radical (unpaired) electrons. The van der Waals surface area contributed by atoms with E-state index in [-0.39, 0.29) is 30.5 Å². The predicted molar refractivity (Wildman–Crippen MR) is 57.0 cm³/mol. The highest BCUT2D eigenvalue weighted by Gasteiger charge is 2.31. The van der Waals surface area contributed by atoms with Gasteiger partial charge in [-0.3, -0.25) is 4.79 Å². The van der Waals surface area contributed by atoms with Crippen LogP contribution in [0.15, 0.2) is 24.8 Å². The molecule has 0 N–H and O–H groups in total. The van der Waals surface area contributed by atoms with Crippen LogP contribution in [0.25, 0.3) is 0 Å². The monoisotopic (exact) mass is 241 g/mol. The molecule has 1 saturated heterocycles. The summed E-state index contributed by atoms with van der Waals surface area (Å²) in [5.41, 5.74) is -0.350. The van der Waals surface area contributed by atoms with Gasteiger partial charge in [0.2, 0.25) is 5.91 Å². The van der Waals surface area contributed by atoms with E-state index < -0.39 is 17.5 Å². The van der Waals surface area contributed by atoms with Crippen molar-refractivity contribution in [2.45, 2.75) is 6.42 Å². The lowest BCUT2D eigenvalue weighted by Crippen LogP contribution is -2.26. The summed E-state index contributed by atoms with van der Waals surface area (Å²) in [4.78, 5) is 12.6. The molecule has 0 aliphatic carbocycles. The first-order valence-corrected chi connectivity index (χ1v) is 5.10. The first kappa shape index (κ1) is 11.7. The molecule has 1 aromatic carbocycles. The van der Waals surface area contributed by atoms with Crippen LogP contribution in [0.3, 0.4) is 0 Å². The lowest BCUT2D eigenvalue weighted by Gasteiger charge is -2.17. The van der Waals surface area contributed by atoms with Crippen molar-refractivity contribution in [3.8, 4) is 0 Å². The van der Waals surface area contributed by atoms with Gasteiger partial charge < -0.3 is 4.90 Å². The average molecular weight is 241 g/mol.